The maximum atomic E-state index is 12.2. The van der Waals surface area contributed by atoms with Crippen molar-refractivity contribution < 1.29 is 14.3 Å². The summed E-state index contributed by atoms with van der Waals surface area (Å²) < 4.78 is 5.17. The zero-order valence-corrected chi connectivity index (χ0v) is 13.6. The molecule has 0 radical (unpaired) electrons. The summed E-state index contributed by atoms with van der Waals surface area (Å²) in [6, 6.07) is 15.0. The summed E-state index contributed by atoms with van der Waals surface area (Å²) in [5, 5.41) is 0. The van der Waals surface area contributed by atoms with Gasteiger partial charge in [0.05, 0.1) is 0 Å². The maximum absolute atomic E-state index is 12.2. The molecule has 0 aliphatic carbocycles. The maximum Gasteiger partial charge on any atom is 0.331 e. The van der Waals surface area contributed by atoms with Crippen molar-refractivity contribution in [1.29, 1.82) is 0 Å². The van der Waals surface area contributed by atoms with Gasteiger partial charge in [0.2, 0.25) is 5.78 Å². The lowest BCUT2D eigenvalue weighted by Crippen LogP contribution is -2.23. The number of esters is 1. The number of ether oxygens (including phenoxy) is 1. The Morgan fingerprint density at radius 3 is 2.00 bits per heavy atom. The molecule has 2 aromatic rings. The Balaban J connectivity index is 1.95. The molecule has 0 saturated heterocycles. The van der Waals surface area contributed by atoms with Crippen molar-refractivity contribution >= 4 is 17.8 Å². The van der Waals surface area contributed by atoms with Gasteiger partial charge in [-0.2, -0.15) is 0 Å². The highest BCUT2D eigenvalue weighted by molar-refractivity contribution is 6.01. The molecule has 0 aromatic heterocycles. The summed E-state index contributed by atoms with van der Waals surface area (Å²) in [5.41, 5.74) is 3.68. The highest BCUT2D eigenvalue weighted by Crippen LogP contribution is 2.10. The Labute approximate surface area is 136 Å². The van der Waals surface area contributed by atoms with Crippen molar-refractivity contribution in [3.63, 3.8) is 0 Å². The van der Waals surface area contributed by atoms with Gasteiger partial charge in [0.15, 0.2) is 6.10 Å². The van der Waals surface area contributed by atoms with Crippen LogP contribution >= 0.6 is 0 Å². The van der Waals surface area contributed by atoms with Crippen LogP contribution in [0.15, 0.2) is 54.6 Å². The fourth-order valence-corrected chi connectivity index (χ4v) is 2.06. The standard InChI is InChI=1S/C20H20O3/c1-14-4-8-17(9-5-14)10-13-19(21)23-16(3)20(22)18-11-6-15(2)7-12-18/h4-13,16H,1-3H3/b13-10+. The number of hydrogen-bond acceptors (Lipinski definition) is 3. The molecular formula is C20H20O3. The smallest absolute Gasteiger partial charge is 0.331 e. The highest BCUT2D eigenvalue weighted by atomic mass is 16.5. The quantitative estimate of drug-likeness (QED) is 0.474. The summed E-state index contributed by atoms with van der Waals surface area (Å²) in [4.78, 5) is 24.0. The average Bonchev–Trinajstić information content (AvgIpc) is 2.54. The molecule has 2 aromatic carbocycles. The van der Waals surface area contributed by atoms with Gasteiger partial charge >= 0.3 is 5.97 Å². The first kappa shape index (κ1) is 16.7. The topological polar surface area (TPSA) is 43.4 Å². The molecule has 3 heteroatoms. The van der Waals surface area contributed by atoms with Gasteiger partial charge in [-0.15, -0.1) is 0 Å². The van der Waals surface area contributed by atoms with Crippen LogP contribution in [0.4, 0.5) is 0 Å². The number of aryl methyl sites for hydroxylation is 2. The number of rotatable bonds is 5. The van der Waals surface area contributed by atoms with Crippen molar-refractivity contribution in [1.82, 2.24) is 0 Å². The molecule has 0 amide bonds. The van der Waals surface area contributed by atoms with Gasteiger partial charge in [-0.3, -0.25) is 4.79 Å². The minimum atomic E-state index is -0.812. The molecule has 23 heavy (non-hydrogen) atoms. The van der Waals surface area contributed by atoms with Crippen molar-refractivity contribution in [3.05, 3.63) is 76.9 Å². The summed E-state index contributed by atoms with van der Waals surface area (Å²) in [7, 11) is 0. The Bertz CT molecular complexity index is 710. The lowest BCUT2D eigenvalue weighted by atomic mass is 10.1. The molecule has 0 spiro atoms. The number of ketones is 1. The minimum absolute atomic E-state index is 0.206. The molecule has 0 fully saturated rings. The van der Waals surface area contributed by atoms with E-state index in [2.05, 4.69) is 0 Å². The Kier molecular flexibility index (Phi) is 5.47. The van der Waals surface area contributed by atoms with Crippen LogP contribution in [0.1, 0.15) is 34.0 Å². The zero-order valence-electron chi connectivity index (χ0n) is 13.6. The summed E-state index contributed by atoms with van der Waals surface area (Å²) in [6.45, 7) is 5.54. The van der Waals surface area contributed by atoms with Crippen LogP contribution in [0.5, 0.6) is 0 Å². The fraction of sp³-hybridized carbons (Fsp3) is 0.200. The third kappa shape index (κ3) is 4.92. The van der Waals surface area contributed by atoms with Crippen LogP contribution < -0.4 is 0 Å². The van der Waals surface area contributed by atoms with Crippen molar-refractivity contribution in [3.8, 4) is 0 Å². The number of benzene rings is 2. The van der Waals surface area contributed by atoms with Crippen LogP contribution in [0.25, 0.3) is 6.08 Å². The second-order valence-electron chi connectivity index (χ2n) is 5.55. The normalized spacial score (nSPS) is 12.1. The van der Waals surface area contributed by atoms with Crippen molar-refractivity contribution in [2.24, 2.45) is 0 Å². The predicted octanol–water partition coefficient (Wildman–Crippen LogP) is 4.13. The lowest BCUT2D eigenvalue weighted by molar-refractivity contribution is -0.140. The number of Topliss-reactive ketones (excluding diaryl/α,β-unsaturated/α-hetero) is 1. The van der Waals surface area contributed by atoms with Crippen molar-refractivity contribution in [2.75, 3.05) is 0 Å². The van der Waals surface area contributed by atoms with E-state index < -0.39 is 12.1 Å². The summed E-state index contributed by atoms with van der Waals surface area (Å²) in [6.07, 6.45) is 2.20. The molecular weight excluding hydrogens is 288 g/mol. The second-order valence-corrected chi connectivity index (χ2v) is 5.55. The number of hydrogen-bond donors (Lipinski definition) is 0. The minimum Gasteiger partial charge on any atom is -0.451 e. The van der Waals surface area contributed by atoms with E-state index in [1.165, 1.54) is 6.08 Å². The number of carbonyl (C=O) groups is 2. The molecule has 1 atom stereocenters. The fourth-order valence-electron chi connectivity index (χ4n) is 2.06. The van der Waals surface area contributed by atoms with E-state index in [4.69, 9.17) is 4.74 Å². The van der Waals surface area contributed by atoms with E-state index in [9.17, 15) is 9.59 Å². The molecule has 0 N–H and O–H groups in total. The van der Waals surface area contributed by atoms with Gasteiger partial charge in [0, 0.05) is 11.6 Å². The summed E-state index contributed by atoms with van der Waals surface area (Å²) >= 11 is 0. The van der Waals surface area contributed by atoms with Gasteiger partial charge in [0.1, 0.15) is 0 Å². The molecule has 0 saturated carbocycles. The first-order valence-corrected chi connectivity index (χ1v) is 7.52. The van der Waals surface area contributed by atoms with Gasteiger partial charge in [-0.25, -0.2) is 4.79 Å². The first-order valence-electron chi connectivity index (χ1n) is 7.52. The van der Waals surface area contributed by atoms with Gasteiger partial charge in [-0.05, 0) is 32.4 Å². The lowest BCUT2D eigenvalue weighted by Gasteiger charge is -2.11. The number of carbonyl (C=O) groups excluding carboxylic acids is 2. The van der Waals surface area contributed by atoms with E-state index in [1.54, 1.807) is 25.1 Å². The third-order valence-corrected chi connectivity index (χ3v) is 3.49. The van der Waals surface area contributed by atoms with Crippen LogP contribution in [-0.4, -0.2) is 17.9 Å². The SMILES string of the molecule is Cc1ccc(/C=C/C(=O)OC(C)C(=O)c2ccc(C)cc2)cc1. The first-order chi connectivity index (χ1) is 11.0. The van der Waals surface area contributed by atoms with Crippen molar-refractivity contribution in [2.45, 2.75) is 26.9 Å². The van der Waals surface area contributed by atoms with Crippen LogP contribution in [0.2, 0.25) is 0 Å². The van der Waals surface area contributed by atoms with Crippen LogP contribution in [-0.2, 0) is 9.53 Å². The van der Waals surface area contributed by atoms with E-state index in [-0.39, 0.29) is 5.78 Å². The Hall–Kier alpha value is -2.68. The average molecular weight is 308 g/mol. The molecule has 0 heterocycles. The molecule has 118 valence electrons. The van der Waals surface area contributed by atoms with Crippen LogP contribution in [0.3, 0.4) is 0 Å². The van der Waals surface area contributed by atoms with E-state index in [1.807, 2.05) is 50.2 Å². The Morgan fingerprint density at radius 2 is 1.43 bits per heavy atom. The second kappa shape index (κ2) is 7.54. The Morgan fingerprint density at radius 1 is 0.913 bits per heavy atom. The predicted molar refractivity (Wildman–Crippen MR) is 91.3 cm³/mol. The highest BCUT2D eigenvalue weighted by Gasteiger charge is 2.18. The van der Waals surface area contributed by atoms with Gasteiger partial charge < -0.3 is 4.74 Å². The summed E-state index contributed by atoms with van der Waals surface area (Å²) in [5.74, 6) is -0.736. The van der Waals surface area contributed by atoms with Gasteiger partial charge in [0.25, 0.3) is 0 Å². The third-order valence-electron chi connectivity index (χ3n) is 3.49. The molecule has 1 unspecified atom stereocenters. The largest absolute Gasteiger partial charge is 0.451 e. The van der Waals surface area contributed by atoms with Crippen LogP contribution in [0, 0.1) is 13.8 Å². The molecule has 2 rings (SSSR count). The molecule has 0 aliphatic rings. The molecule has 0 bridgehead atoms. The van der Waals surface area contributed by atoms with E-state index >= 15 is 0 Å². The van der Waals surface area contributed by atoms with E-state index in [0.29, 0.717) is 5.56 Å². The molecule has 0 aliphatic heterocycles. The molecule has 3 nitrogen and oxygen atoms in total. The zero-order chi connectivity index (χ0) is 16.8. The van der Waals surface area contributed by atoms with E-state index in [0.717, 1.165) is 16.7 Å². The monoisotopic (exact) mass is 308 g/mol. The van der Waals surface area contributed by atoms with Gasteiger partial charge in [-0.1, -0.05) is 59.7 Å².